The van der Waals surface area contributed by atoms with Gasteiger partial charge in [-0.3, -0.25) is 9.69 Å². The normalized spacial score (nSPS) is 38.1. The molecule has 4 nitrogen and oxygen atoms in total. The average molecular weight is 252 g/mol. The molecule has 3 aliphatic heterocycles. The molecule has 3 saturated heterocycles. The molecule has 4 atom stereocenters. The molecule has 4 unspecified atom stereocenters. The van der Waals surface area contributed by atoms with Crippen molar-refractivity contribution in [1.29, 1.82) is 0 Å². The third kappa shape index (κ3) is 2.28. The van der Waals surface area contributed by atoms with Crippen LogP contribution in [-0.4, -0.2) is 49.2 Å². The van der Waals surface area contributed by atoms with Crippen molar-refractivity contribution < 1.29 is 9.53 Å². The summed E-state index contributed by atoms with van der Waals surface area (Å²) in [5.74, 6) is 1.59. The summed E-state index contributed by atoms with van der Waals surface area (Å²) in [6.45, 7) is 5.67. The number of likely N-dealkylation sites (tertiary alicyclic amines) is 1. The number of ether oxygens (including phenoxy) is 1. The summed E-state index contributed by atoms with van der Waals surface area (Å²) in [7, 11) is 0. The number of unbranched alkanes of at least 4 members (excludes halogenated alkanes) is 1. The van der Waals surface area contributed by atoms with Crippen LogP contribution in [-0.2, 0) is 9.53 Å². The monoisotopic (exact) mass is 252 g/mol. The summed E-state index contributed by atoms with van der Waals surface area (Å²) in [6.07, 6.45) is 5.68. The van der Waals surface area contributed by atoms with E-state index in [-0.39, 0.29) is 5.91 Å². The smallest absolute Gasteiger partial charge is 0.234 e. The number of nitrogens with zero attached hydrogens (tertiary/aromatic N) is 1. The van der Waals surface area contributed by atoms with Crippen molar-refractivity contribution in [3.63, 3.8) is 0 Å². The highest BCUT2D eigenvalue weighted by Gasteiger charge is 2.52. The Kier molecular flexibility index (Phi) is 3.57. The van der Waals surface area contributed by atoms with Gasteiger partial charge in [0.05, 0.1) is 18.8 Å². The molecule has 3 aliphatic rings. The minimum atomic E-state index is 0.191. The van der Waals surface area contributed by atoms with Crippen LogP contribution in [0, 0.1) is 11.8 Å². The van der Waals surface area contributed by atoms with Crippen LogP contribution in [0.5, 0.6) is 0 Å². The first-order valence-corrected chi connectivity index (χ1v) is 7.42. The van der Waals surface area contributed by atoms with Gasteiger partial charge in [-0.1, -0.05) is 13.3 Å². The van der Waals surface area contributed by atoms with E-state index in [1.54, 1.807) is 0 Å². The van der Waals surface area contributed by atoms with Crippen LogP contribution in [0.15, 0.2) is 0 Å². The van der Waals surface area contributed by atoms with Gasteiger partial charge in [0.15, 0.2) is 0 Å². The molecule has 2 bridgehead atoms. The van der Waals surface area contributed by atoms with Crippen molar-refractivity contribution in [1.82, 2.24) is 10.2 Å². The highest BCUT2D eigenvalue weighted by atomic mass is 16.5. The quantitative estimate of drug-likeness (QED) is 0.743. The number of hydrogen-bond donors (Lipinski definition) is 1. The van der Waals surface area contributed by atoms with E-state index in [0.29, 0.717) is 30.6 Å². The van der Waals surface area contributed by atoms with E-state index in [1.807, 2.05) is 0 Å². The van der Waals surface area contributed by atoms with Crippen LogP contribution in [0.1, 0.15) is 32.6 Å². The van der Waals surface area contributed by atoms with Gasteiger partial charge in [0, 0.05) is 31.5 Å². The lowest BCUT2D eigenvalue weighted by Crippen LogP contribution is -2.37. The lowest BCUT2D eigenvalue weighted by atomic mass is 9.82. The fourth-order valence-corrected chi connectivity index (χ4v) is 3.84. The van der Waals surface area contributed by atoms with Crippen LogP contribution in [0.4, 0.5) is 0 Å². The van der Waals surface area contributed by atoms with E-state index in [0.717, 1.165) is 32.5 Å². The Balaban J connectivity index is 1.44. The number of carbonyl (C=O) groups excluding carboxylic acids is 1. The van der Waals surface area contributed by atoms with Gasteiger partial charge in [-0.05, 0) is 19.3 Å². The molecule has 0 aromatic heterocycles. The first-order chi connectivity index (χ1) is 8.78. The van der Waals surface area contributed by atoms with E-state index >= 15 is 0 Å². The van der Waals surface area contributed by atoms with Gasteiger partial charge in [0.2, 0.25) is 5.91 Å². The lowest BCUT2D eigenvalue weighted by molar-refractivity contribution is -0.122. The molecule has 3 fully saturated rings. The van der Waals surface area contributed by atoms with Crippen molar-refractivity contribution in [2.75, 3.05) is 26.2 Å². The van der Waals surface area contributed by atoms with Gasteiger partial charge < -0.3 is 10.1 Å². The SMILES string of the molecule is CCCCNC(=O)CN1CC2C3CCC(O3)C2C1. The van der Waals surface area contributed by atoms with Gasteiger partial charge in [-0.25, -0.2) is 0 Å². The second-order valence-electron chi connectivity index (χ2n) is 6.02. The van der Waals surface area contributed by atoms with Crippen LogP contribution in [0.3, 0.4) is 0 Å². The Hall–Kier alpha value is -0.610. The second-order valence-corrected chi connectivity index (χ2v) is 6.02. The number of nitrogens with one attached hydrogen (secondary N) is 1. The second kappa shape index (κ2) is 5.17. The summed E-state index contributed by atoms with van der Waals surface area (Å²) in [5, 5.41) is 3.00. The first-order valence-electron chi connectivity index (χ1n) is 7.42. The number of hydrogen-bond acceptors (Lipinski definition) is 3. The highest BCUT2D eigenvalue weighted by Crippen LogP contribution is 2.46. The van der Waals surface area contributed by atoms with Gasteiger partial charge in [-0.2, -0.15) is 0 Å². The molecule has 0 radical (unpaired) electrons. The topological polar surface area (TPSA) is 41.6 Å². The third-order valence-corrected chi connectivity index (χ3v) is 4.75. The van der Waals surface area contributed by atoms with E-state index in [4.69, 9.17) is 4.74 Å². The Morgan fingerprint density at radius 2 is 1.94 bits per heavy atom. The Bertz CT molecular complexity index is 303. The molecule has 3 rings (SSSR count). The molecule has 1 N–H and O–H groups in total. The highest BCUT2D eigenvalue weighted by molar-refractivity contribution is 5.78. The van der Waals surface area contributed by atoms with Crippen molar-refractivity contribution in [3.05, 3.63) is 0 Å². The predicted octanol–water partition coefficient (Wildman–Crippen LogP) is 1.01. The van der Waals surface area contributed by atoms with Gasteiger partial charge in [0.25, 0.3) is 0 Å². The number of rotatable bonds is 5. The van der Waals surface area contributed by atoms with Crippen LogP contribution < -0.4 is 5.32 Å². The summed E-state index contributed by atoms with van der Waals surface area (Å²) in [6, 6.07) is 0. The summed E-state index contributed by atoms with van der Waals surface area (Å²) >= 11 is 0. The Morgan fingerprint density at radius 3 is 2.56 bits per heavy atom. The fourth-order valence-electron chi connectivity index (χ4n) is 3.84. The van der Waals surface area contributed by atoms with E-state index in [9.17, 15) is 4.79 Å². The van der Waals surface area contributed by atoms with Crippen molar-refractivity contribution in [3.8, 4) is 0 Å². The standard InChI is InChI=1S/C14H24N2O2/c1-2-3-6-15-14(17)9-16-7-10-11(8-16)13-5-4-12(10)18-13/h10-13H,2-9H2,1H3,(H,15,17). The molecule has 18 heavy (non-hydrogen) atoms. The van der Waals surface area contributed by atoms with Gasteiger partial charge in [-0.15, -0.1) is 0 Å². The van der Waals surface area contributed by atoms with Gasteiger partial charge in [0.1, 0.15) is 0 Å². The average Bonchev–Trinajstić information content (AvgIpc) is 2.99. The largest absolute Gasteiger partial charge is 0.374 e. The van der Waals surface area contributed by atoms with Crippen molar-refractivity contribution in [2.45, 2.75) is 44.8 Å². The van der Waals surface area contributed by atoms with E-state index in [1.165, 1.54) is 12.8 Å². The zero-order valence-corrected chi connectivity index (χ0v) is 11.2. The first kappa shape index (κ1) is 12.4. The van der Waals surface area contributed by atoms with Crippen LogP contribution in [0.2, 0.25) is 0 Å². The summed E-state index contributed by atoms with van der Waals surface area (Å²) < 4.78 is 5.94. The molecule has 102 valence electrons. The molecule has 0 spiro atoms. The molecular formula is C14H24N2O2. The zero-order chi connectivity index (χ0) is 12.5. The predicted molar refractivity (Wildman–Crippen MR) is 69.2 cm³/mol. The van der Waals surface area contributed by atoms with Crippen molar-refractivity contribution >= 4 is 5.91 Å². The minimum absolute atomic E-state index is 0.191. The maximum atomic E-state index is 11.8. The van der Waals surface area contributed by atoms with Crippen LogP contribution >= 0.6 is 0 Å². The maximum absolute atomic E-state index is 11.8. The Morgan fingerprint density at radius 1 is 1.28 bits per heavy atom. The molecule has 1 amide bonds. The lowest BCUT2D eigenvalue weighted by Gasteiger charge is -2.18. The minimum Gasteiger partial charge on any atom is -0.374 e. The molecule has 3 heterocycles. The maximum Gasteiger partial charge on any atom is 0.234 e. The molecule has 0 saturated carbocycles. The van der Waals surface area contributed by atoms with Gasteiger partial charge >= 0.3 is 0 Å². The molecule has 0 aromatic rings. The van der Waals surface area contributed by atoms with E-state index in [2.05, 4.69) is 17.1 Å². The molecule has 0 aromatic carbocycles. The zero-order valence-electron chi connectivity index (χ0n) is 11.2. The molecule has 0 aliphatic carbocycles. The molecule has 4 heteroatoms. The molecular weight excluding hydrogens is 228 g/mol. The fraction of sp³-hybridized carbons (Fsp3) is 0.929. The summed E-state index contributed by atoms with van der Waals surface area (Å²) in [5.41, 5.74) is 0. The van der Waals surface area contributed by atoms with Crippen LogP contribution in [0.25, 0.3) is 0 Å². The number of carbonyl (C=O) groups is 1. The number of fused-ring (bicyclic) bond motifs is 5. The Labute approximate surface area is 109 Å². The van der Waals surface area contributed by atoms with Crippen molar-refractivity contribution in [2.24, 2.45) is 11.8 Å². The van der Waals surface area contributed by atoms with E-state index < -0.39 is 0 Å². The third-order valence-electron chi connectivity index (χ3n) is 4.75. The summed E-state index contributed by atoms with van der Waals surface area (Å²) in [4.78, 5) is 14.1. The number of amides is 1.